The molecule has 0 saturated carbocycles. The quantitative estimate of drug-likeness (QED) is 0.777. The van der Waals surface area contributed by atoms with Gasteiger partial charge in [0.15, 0.2) is 0 Å². The zero-order valence-corrected chi connectivity index (χ0v) is 13.1. The Kier molecular flexibility index (Phi) is 3.79. The third kappa shape index (κ3) is 2.56. The van der Waals surface area contributed by atoms with Gasteiger partial charge in [-0.1, -0.05) is 0 Å². The fourth-order valence-electron chi connectivity index (χ4n) is 3.20. The molecule has 0 aliphatic carbocycles. The number of nitrogens with zero attached hydrogens (tertiary/aromatic N) is 3. The molecule has 1 unspecified atom stereocenters. The van der Waals surface area contributed by atoms with E-state index in [9.17, 15) is 18.8 Å². The minimum atomic E-state index is -0.779. The van der Waals surface area contributed by atoms with Crippen LogP contribution < -0.4 is 4.90 Å². The minimum Gasteiger partial charge on any atom is -0.318 e. The Bertz CT molecular complexity index is 691. The summed E-state index contributed by atoms with van der Waals surface area (Å²) in [6, 6.07) is 3.01. The topological polar surface area (TPSA) is 60.9 Å². The molecule has 4 amide bonds. The van der Waals surface area contributed by atoms with Gasteiger partial charge < -0.3 is 9.80 Å². The van der Waals surface area contributed by atoms with E-state index in [-0.39, 0.29) is 24.2 Å². The summed E-state index contributed by atoms with van der Waals surface area (Å²) >= 11 is 0. The Morgan fingerprint density at radius 1 is 1.22 bits per heavy atom. The van der Waals surface area contributed by atoms with Crippen molar-refractivity contribution in [2.75, 3.05) is 25.0 Å². The second kappa shape index (κ2) is 5.64. The van der Waals surface area contributed by atoms with Crippen molar-refractivity contribution < 1.29 is 18.8 Å². The standard InChI is InChI=1S/C16H18FN3O3/c1-10-8-11(17)5-6-12(10)19-7-3-4-13(15(19)22)20-14(21)9-18(2)16(20)23/h5-6,8,13H,3-4,7,9H2,1-2H3. The third-order valence-electron chi connectivity index (χ3n) is 4.35. The van der Waals surface area contributed by atoms with Crippen LogP contribution in [-0.2, 0) is 9.59 Å². The van der Waals surface area contributed by atoms with Gasteiger partial charge in [-0.3, -0.25) is 9.59 Å². The molecule has 0 spiro atoms. The van der Waals surface area contributed by atoms with Crippen LogP contribution in [0.4, 0.5) is 14.9 Å². The Balaban J connectivity index is 1.90. The molecule has 122 valence electrons. The maximum Gasteiger partial charge on any atom is 0.327 e. The van der Waals surface area contributed by atoms with Crippen molar-refractivity contribution in [2.45, 2.75) is 25.8 Å². The summed E-state index contributed by atoms with van der Waals surface area (Å²) < 4.78 is 13.3. The molecule has 2 saturated heterocycles. The van der Waals surface area contributed by atoms with Gasteiger partial charge in [-0.05, 0) is 43.5 Å². The maximum atomic E-state index is 13.3. The number of benzene rings is 1. The summed E-state index contributed by atoms with van der Waals surface area (Å²) in [7, 11) is 1.54. The van der Waals surface area contributed by atoms with Crippen molar-refractivity contribution in [3.8, 4) is 0 Å². The highest BCUT2D eigenvalue weighted by Gasteiger charge is 2.44. The Hall–Kier alpha value is -2.44. The summed E-state index contributed by atoms with van der Waals surface area (Å²) in [5, 5.41) is 0. The molecule has 0 radical (unpaired) electrons. The molecular weight excluding hydrogens is 301 g/mol. The van der Waals surface area contributed by atoms with Crippen LogP contribution in [0.5, 0.6) is 0 Å². The number of halogens is 1. The van der Waals surface area contributed by atoms with E-state index in [2.05, 4.69) is 0 Å². The van der Waals surface area contributed by atoms with Crippen LogP contribution in [0.25, 0.3) is 0 Å². The van der Waals surface area contributed by atoms with Crippen LogP contribution in [0.2, 0.25) is 0 Å². The molecule has 2 aliphatic rings. The van der Waals surface area contributed by atoms with Crippen LogP contribution >= 0.6 is 0 Å². The molecule has 1 atom stereocenters. The smallest absolute Gasteiger partial charge is 0.318 e. The Morgan fingerprint density at radius 2 is 1.96 bits per heavy atom. The Morgan fingerprint density at radius 3 is 2.57 bits per heavy atom. The van der Waals surface area contributed by atoms with Crippen molar-refractivity contribution in [2.24, 2.45) is 0 Å². The number of carbonyl (C=O) groups is 3. The number of hydrogen-bond donors (Lipinski definition) is 0. The van der Waals surface area contributed by atoms with Gasteiger partial charge in [0, 0.05) is 19.3 Å². The minimum absolute atomic E-state index is 0.00180. The first-order chi connectivity index (χ1) is 10.9. The van der Waals surface area contributed by atoms with Crippen LogP contribution in [0.3, 0.4) is 0 Å². The van der Waals surface area contributed by atoms with Crippen molar-refractivity contribution in [3.05, 3.63) is 29.6 Å². The maximum absolute atomic E-state index is 13.3. The molecule has 2 aliphatic heterocycles. The first-order valence-electron chi connectivity index (χ1n) is 7.55. The summed E-state index contributed by atoms with van der Waals surface area (Å²) in [4.78, 5) is 40.9. The lowest BCUT2D eigenvalue weighted by Crippen LogP contribution is -2.54. The molecule has 1 aromatic carbocycles. The number of likely N-dealkylation sites (N-methyl/N-ethyl adjacent to an activating group) is 1. The van der Waals surface area contributed by atoms with Gasteiger partial charge in [0.2, 0.25) is 5.91 Å². The number of anilines is 1. The molecule has 7 heteroatoms. The lowest BCUT2D eigenvalue weighted by Gasteiger charge is -2.36. The average Bonchev–Trinajstić information content (AvgIpc) is 2.74. The van der Waals surface area contributed by atoms with Crippen LogP contribution in [0, 0.1) is 12.7 Å². The predicted octanol–water partition coefficient (Wildman–Crippen LogP) is 1.52. The van der Waals surface area contributed by atoms with E-state index in [1.807, 2.05) is 0 Å². The number of carbonyl (C=O) groups excluding carboxylic acids is 3. The highest BCUT2D eigenvalue weighted by molar-refractivity contribution is 6.08. The average molecular weight is 319 g/mol. The van der Waals surface area contributed by atoms with Crippen LogP contribution in [0.1, 0.15) is 18.4 Å². The molecule has 23 heavy (non-hydrogen) atoms. The molecule has 3 rings (SSSR count). The Labute approximate surface area is 133 Å². The van der Waals surface area contributed by atoms with Crippen LogP contribution in [0.15, 0.2) is 18.2 Å². The summed E-state index contributed by atoms with van der Waals surface area (Å²) in [5.41, 5.74) is 1.27. The van der Waals surface area contributed by atoms with Gasteiger partial charge in [0.1, 0.15) is 18.4 Å². The fourth-order valence-corrected chi connectivity index (χ4v) is 3.20. The number of urea groups is 1. The second-order valence-corrected chi connectivity index (χ2v) is 5.98. The lowest BCUT2D eigenvalue weighted by molar-refractivity contribution is -0.134. The molecule has 0 N–H and O–H groups in total. The fraction of sp³-hybridized carbons (Fsp3) is 0.438. The molecule has 2 heterocycles. The SMILES string of the molecule is Cc1cc(F)ccc1N1CCCC(N2C(=O)CN(C)C2=O)C1=O. The van der Waals surface area contributed by atoms with Gasteiger partial charge in [-0.2, -0.15) is 0 Å². The molecule has 6 nitrogen and oxygen atoms in total. The summed E-state index contributed by atoms with van der Waals surface area (Å²) in [5.74, 6) is -1.00. The number of rotatable bonds is 2. The lowest BCUT2D eigenvalue weighted by atomic mass is 10.0. The second-order valence-electron chi connectivity index (χ2n) is 5.98. The number of hydrogen-bond acceptors (Lipinski definition) is 3. The van der Waals surface area contributed by atoms with Crippen LogP contribution in [-0.4, -0.2) is 53.8 Å². The van der Waals surface area contributed by atoms with E-state index in [1.165, 1.54) is 24.1 Å². The molecule has 0 aromatic heterocycles. The number of aryl methyl sites for hydroxylation is 1. The van der Waals surface area contributed by atoms with E-state index in [4.69, 9.17) is 0 Å². The first kappa shape index (κ1) is 15.5. The normalized spacial score (nSPS) is 22.3. The zero-order chi connectivity index (χ0) is 16.7. The largest absolute Gasteiger partial charge is 0.327 e. The highest BCUT2D eigenvalue weighted by Crippen LogP contribution is 2.28. The number of imide groups is 1. The van der Waals surface area contributed by atoms with E-state index in [0.717, 1.165) is 4.90 Å². The number of piperidine rings is 1. The van der Waals surface area contributed by atoms with E-state index >= 15 is 0 Å². The van der Waals surface area contributed by atoms with Gasteiger partial charge in [0.05, 0.1) is 0 Å². The van der Waals surface area contributed by atoms with E-state index < -0.39 is 12.1 Å². The molecule has 1 aromatic rings. The van der Waals surface area contributed by atoms with Crippen molar-refractivity contribution in [1.29, 1.82) is 0 Å². The molecular formula is C16H18FN3O3. The summed E-state index contributed by atoms with van der Waals surface area (Å²) in [6.07, 6.45) is 1.13. The van der Waals surface area contributed by atoms with Crippen molar-refractivity contribution in [1.82, 2.24) is 9.80 Å². The summed E-state index contributed by atoms with van der Waals surface area (Å²) in [6.45, 7) is 2.22. The van der Waals surface area contributed by atoms with Crippen molar-refractivity contribution in [3.63, 3.8) is 0 Å². The third-order valence-corrected chi connectivity index (χ3v) is 4.35. The zero-order valence-electron chi connectivity index (χ0n) is 13.1. The molecule has 0 bridgehead atoms. The van der Waals surface area contributed by atoms with Gasteiger partial charge in [-0.25, -0.2) is 14.1 Å². The monoisotopic (exact) mass is 319 g/mol. The van der Waals surface area contributed by atoms with E-state index in [1.54, 1.807) is 17.9 Å². The number of amides is 4. The predicted molar refractivity (Wildman–Crippen MR) is 81.4 cm³/mol. The van der Waals surface area contributed by atoms with Gasteiger partial charge in [0.25, 0.3) is 5.91 Å². The van der Waals surface area contributed by atoms with Gasteiger partial charge in [-0.15, -0.1) is 0 Å². The van der Waals surface area contributed by atoms with E-state index in [0.29, 0.717) is 30.6 Å². The highest BCUT2D eigenvalue weighted by atomic mass is 19.1. The van der Waals surface area contributed by atoms with Crippen molar-refractivity contribution >= 4 is 23.5 Å². The first-order valence-corrected chi connectivity index (χ1v) is 7.55. The van der Waals surface area contributed by atoms with Gasteiger partial charge >= 0.3 is 6.03 Å². The molecule has 2 fully saturated rings.